The van der Waals surface area contributed by atoms with Crippen molar-refractivity contribution in [3.63, 3.8) is 0 Å². The summed E-state index contributed by atoms with van der Waals surface area (Å²) in [7, 11) is 0. The lowest BCUT2D eigenvalue weighted by molar-refractivity contribution is -0.129. The fourth-order valence-corrected chi connectivity index (χ4v) is 4.45. The number of rotatable bonds is 4. The number of fused-ring (bicyclic) bond motifs is 1. The standard InChI is InChI=1S/C21H20ClN3O4S/c1-3-25-19(26)10-18(20(27)23-13-5-4-12(2)15(22)8-13)30-21(25)24-14-6-7-16-17(9-14)29-11-28-16/h4-9,18H,3,10-11H2,1-2H3,(H,23,27). The molecule has 2 aliphatic heterocycles. The van der Waals surface area contributed by atoms with Gasteiger partial charge in [-0.15, -0.1) is 0 Å². The molecule has 2 aromatic carbocycles. The SMILES string of the molecule is CCN1C(=O)CC(C(=O)Nc2ccc(C)c(Cl)c2)SC1=Nc1ccc2c(c1)OCO2. The maximum Gasteiger partial charge on any atom is 0.238 e. The van der Waals surface area contributed by atoms with E-state index in [2.05, 4.69) is 10.3 Å². The van der Waals surface area contributed by atoms with Crippen molar-refractivity contribution >= 4 is 51.7 Å². The molecule has 156 valence electrons. The normalized spacial score (nSPS) is 19.3. The monoisotopic (exact) mass is 445 g/mol. The quantitative estimate of drug-likeness (QED) is 0.756. The number of thioether (sulfide) groups is 1. The molecule has 0 spiro atoms. The van der Waals surface area contributed by atoms with E-state index in [1.165, 1.54) is 11.8 Å². The van der Waals surface area contributed by atoms with Crippen molar-refractivity contribution in [1.82, 2.24) is 4.90 Å². The van der Waals surface area contributed by atoms with Crippen LogP contribution in [0, 0.1) is 6.92 Å². The van der Waals surface area contributed by atoms with Gasteiger partial charge in [0.05, 0.1) is 5.69 Å². The van der Waals surface area contributed by atoms with Gasteiger partial charge >= 0.3 is 0 Å². The van der Waals surface area contributed by atoms with Crippen molar-refractivity contribution < 1.29 is 19.1 Å². The minimum Gasteiger partial charge on any atom is -0.454 e. The van der Waals surface area contributed by atoms with E-state index in [0.717, 1.165) is 5.56 Å². The molecule has 4 rings (SSSR count). The van der Waals surface area contributed by atoms with Crippen LogP contribution in [-0.4, -0.2) is 40.5 Å². The number of carbonyl (C=O) groups is 2. The van der Waals surface area contributed by atoms with Gasteiger partial charge in [0, 0.05) is 29.7 Å². The van der Waals surface area contributed by atoms with Gasteiger partial charge in [0.2, 0.25) is 18.6 Å². The predicted molar refractivity (Wildman–Crippen MR) is 118 cm³/mol. The molecule has 9 heteroatoms. The lowest BCUT2D eigenvalue weighted by Gasteiger charge is -2.31. The molecule has 0 radical (unpaired) electrons. The van der Waals surface area contributed by atoms with Gasteiger partial charge in [0.15, 0.2) is 16.7 Å². The van der Waals surface area contributed by atoms with E-state index in [0.29, 0.717) is 39.6 Å². The van der Waals surface area contributed by atoms with E-state index in [1.54, 1.807) is 35.2 Å². The first kappa shape index (κ1) is 20.6. The smallest absolute Gasteiger partial charge is 0.238 e. The van der Waals surface area contributed by atoms with Crippen LogP contribution in [0.4, 0.5) is 11.4 Å². The van der Waals surface area contributed by atoms with Gasteiger partial charge in [-0.3, -0.25) is 14.5 Å². The Morgan fingerprint density at radius 3 is 2.83 bits per heavy atom. The second kappa shape index (κ2) is 8.57. The first-order valence-electron chi connectivity index (χ1n) is 9.47. The molecule has 0 aromatic heterocycles. The molecule has 1 N–H and O–H groups in total. The highest BCUT2D eigenvalue weighted by Gasteiger charge is 2.35. The molecule has 2 amide bonds. The number of nitrogens with zero attached hydrogens (tertiary/aromatic N) is 2. The Morgan fingerprint density at radius 1 is 1.27 bits per heavy atom. The van der Waals surface area contributed by atoms with E-state index in [4.69, 9.17) is 21.1 Å². The number of nitrogens with one attached hydrogen (secondary N) is 1. The van der Waals surface area contributed by atoms with Gasteiger partial charge in [-0.1, -0.05) is 29.4 Å². The van der Waals surface area contributed by atoms with Crippen LogP contribution in [0.1, 0.15) is 18.9 Å². The average Bonchev–Trinajstić information content (AvgIpc) is 3.18. The van der Waals surface area contributed by atoms with Crippen LogP contribution in [0.25, 0.3) is 0 Å². The Labute approximate surface area is 183 Å². The Kier molecular flexibility index (Phi) is 5.87. The minimum atomic E-state index is -0.590. The van der Waals surface area contributed by atoms with Crippen LogP contribution in [-0.2, 0) is 9.59 Å². The molecule has 30 heavy (non-hydrogen) atoms. The van der Waals surface area contributed by atoms with Crippen molar-refractivity contribution in [2.45, 2.75) is 25.5 Å². The molecule has 1 saturated heterocycles. The number of amidine groups is 1. The fourth-order valence-electron chi connectivity index (χ4n) is 3.11. The molecule has 0 aliphatic carbocycles. The number of amides is 2. The molecule has 1 unspecified atom stereocenters. The number of carbonyl (C=O) groups excluding carboxylic acids is 2. The van der Waals surface area contributed by atoms with E-state index in [-0.39, 0.29) is 25.0 Å². The summed E-state index contributed by atoms with van der Waals surface area (Å²) in [6.07, 6.45) is 0.101. The summed E-state index contributed by atoms with van der Waals surface area (Å²) >= 11 is 7.41. The van der Waals surface area contributed by atoms with Gasteiger partial charge in [-0.25, -0.2) is 4.99 Å². The van der Waals surface area contributed by atoms with Gasteiger partial charge < -0.3 is 14.8 Å². The van der Waals surface area contributed by atoms with Gasteiger partial charge in [-0.2, -0.15) is 0 Å². The van der Waals surface area contributed by atoms with E-state index < -0.39 is 5.25 Å². The highest BCUT2D eigenvalue weighted by Crippen LogP contribution is 2.37. The van der Waals surface area contributed by atoms with Crippen LogP contribution in [0.2, 0.25) is 5.02 Å². The molecular formula is C21H20ClN3O4S. The van der Waals surface area contributed by atoms with Crippen LogP contribution in [0.3, 0.4) is 0 Å². The highest BCUT2D eigenvalue weighted by molar-refractivity contribution is 8.15. The van der Waals surface area contributed by atoms with E-state index >= 15 is 0 Å². The van der Waals surface area contributed by atoms with Crippen LogP contribution in [0.15, 0.2) is 41.4 Å². The molecule has 1 fully saturated rings. The first-order valence-corrected chi connectivity index (χ1v) is 10.7. The minimum absolute atomic E-state index is 0.101. The first-order chi connectivity index (χ1) is 14.4. The second-order valence-corrected chi connectivity index (χ2v) is 8.41. The number of halogens is 1. The fraction of sp³-hybridized carbons (Fsp3) is 0.286. The van der Waals surface area contributed by atoms with Crippen molar-refractivity contribution in [1.29, 1.82) is 0 Å². The van der Waals surface area contributed by atoms with Gasteiger partial charge in [0.1, 0.15) is 5.25 Å². The Morgan fingerprint density at radius 2 is 2.07 bits per heavy atom. The zero-order chi connectivity index (χ0) is 21.3. The summed E-state index contributed by atoms with van der Waals surface area (Å²) in [5.41, 5.74) is 2.14. The third-order valence-corrected chi connectivity index (χ3v) is 6.36. The zero-order valence-corrected chi connectivity index (χ0v) is 18.0. The Balaban J connectivity index is 1.55. The van der Waals surface area contributed by atoms with Crippen molar-refractivity contribution in [2.75, 3.05) is 18.7 Å². The summed E-state index contributed by atoms with van der Waals surface area (Å²) in [5, 5.41) is 3.31. The third-order valence-electron chi connectivity index (χ3n) is 4.77. The van der Waals surface area contributed by atoms with Crippen LogP contribution in [0.5, 0.6) is 11.5 Å². The predicted octanol–water partition coefficient (Wildman–Crippen LogP) is 4.36. The van der Waals surface area contributed by atoms with Gasteiger partial charge in [-0.05, 0) is 43.7 Å². The topological polar surface area (TPSA) is 80.2 Å². The zero-order valence-electron chi connectivity index (χ0n) is 16.5. The highest BCUT2D eigenvalue weighted by atomic mass is 35.5. The summed E-state index contributed by atoms with van der Waals surface area (Å²) in [6.45, 7) is 4.41. The maximum absolute atomic E-state index is 12.8. The summed E-state index contributed by atoms with van der Waals surface area (Å²) in [6, 6.07) is 10.6. The molecule has 2 heterocycles. The number of aryl methyl sites for hydroxylation is 1. The molecule has 0 bridgehead atoms. The number of anilines is 1. The lowest BCUT2D eigenvalue weighted by Crippen LogP contribution is -2.45. The second-order valence-electron chi connectivity index (χ2n) is 6.83. The van der Waals surface area contributed by atoms with Crippen molar-refractivity contribution in [3.8, 4) is 11.5 Å². The Hall–Kier alpha value is -2.71. The summed E-state index contributed by atoms with van der Waals surface area (Å²) < 4.78 is 10.7. The molecule has 0 saturated carbocycles. The van der Waals surface area contributed by atoms with E-state index in [1.807, 2.05) is 19.9 Å². The van der Waals surface area contributed by atoms with Crippen molar-refractivity contribution in [3.05, 3.63) is 47.0 Å². The number of hydrogen-bond acceptors (Lipinski definition) is 6. The van der Waals surface area contributed by atoms with Crippen LogP contribution < -0.4 is 14.8 Å². The number of hydrogen-bond donors (Lipinski definition) is 1. The van der Waals surface area contributed by atoms with Crippen LogP contribution >= 0.6 is 23.4 Å². The van der Waals surface area contributed by atoms with E-state index in [9.17, 15) is 9.59 Å². The van der Waals surface area contributed by atoms with Crippen molar-refractivity contribution in [2.24, 2.45) is 4.99 Å². The molecule has 2 aromatic rings. The Bertz CT molecular complexity index is 1040. The number of benzene rings is 2. The van der Waals surface area contributed by atoms with Gasteiger partial charge in [0.25, 0.3) is 0 Å². The molecule has 7 nitrogen and oxygen atoms in total. The molecular weight excluding hydrogens is 426 g/mol. The number of aliphatic imine (C=N–C) groups is 1. The largest absolute Gasteiger partial charge is 0.454 e. The molecule has 1 atom stereocenters. The third kappa shape index (κ3) is 4.24. The average molecular weight is 446 g/mol. The maximum atomic E-state index is 12.8. The lowest BCUT2D eigenvalue weighted by atomic mass is 10.2. The summed E-state index contributed by atoms with van der Waals surface area (Å²) in [5.74, 6) is 0.866. The number of ether oxygens (including phenoxy) is 2. The summed E-state index contributed by atoms with van der Waals surface area (Å²) in [4.78, 5) is 31.7. The molecule has 2 aliphatic rings.